The highest BCUT2D eigenvalue weighted by Crippen LogP contribution is 2.31. The van der Waals surface area contributed by atoms with Gasteiger partial charge in [-0.3, -0.25) is 0 Å². The Balaban J connectivity index is 2.37. The Morgan fingerprint density at radius 3 is 2.57 bits per heavy atom. The van der Waals surface area contributed by atoms with Crippen molar-refractivity contribution in [2.45, 2.75) is 38.8 Å². The summed E-state index contributed by atoms with van der Waals surface area (Å²) in [5.74, 6) is 0. The summed E-state index contributed by atoms with van der Waals surface area (Å²) in [5.41, 5.74) is 2.59. The number of hydrogen-bond donors (Lipinski definition) is 2. The summed E-state index contributed by atoms with van der Waals surface area (Å²) < 4.78 is 0. The maximum absolute atomic E-state index is 3.57. The Morgan fingerprint density at radius 2 is 1.86 bits per heavy atom. The Bertz CT molecular complexity index is 331. The van der Waals surface area contributed by atoms with E-state index in [-0.39, 0.29) is 5.54 Å². The Kier molecular flexibility index (Phi) is 2.14. The molecule has 1 aromatic rings. The van der Waals surface area contributed by atoms with E-state index < -0.39 is 0 Å². The Hall–Kier alpha value is -1.18. The normalized spacial score (nSPS) is 24.1. The van der Waals surface area contributed by atoms with Gasteiger partial charge in [-0.2, -0.15) is 0 Å². The fourth-order valence-corrected chi connectivity index (χ4v) is 2.22. The van der Waals surface area contributed by atoms with Gasteiger partial charge >= 0.3 is 0 Å². The van der Waals surface area contributed by atoms with E-state index in [0.29, 0.717) is 6.04 Å². The fourth-order valence-electron chi connectivity index (χ4n) is 2.22. The first-order valence-electron chi connectivity index (χ1n) is 5.21. The quantitative estimate of drug-likeness (QED) is 0.657. The van der Waals surface area contributed by atoms with Gasteiger partial charge in [-0.1, -0.05) is 12.1 Å². The van der Waals surface area contributed by atoms with Crippen LogP contribution < -0.4 is 10.6 Å². The molecule has 1 aliphatic heterocycles. The molecule has 2 rings (SSSR count). The summed E-state index contributed by atoms with van der Waals surface area (Å²) in [7, 11) is 0. The van der Waals surface area contributed by atoms with Gasteiger partial charge in [0.1, 0.15) is 0 Å². The molecule has 0 radical (unpaired) electrons. The second kappa shape index (κ2) is 3.19. The average molecular weight is 190 g/mol. The third-order valence-electron chi connectivity index (χ3n) is 2.62. The SMILES string of the molecule is C[C@@H]1CC(C)(C)Nc2ccccc2N1. The fraction of sp³-hybridized carbons (Fsp3) is 0.500. The van der Waals surface area contributed by atoms with Crippen molar-refractivity contribution in [1.29, 1.82) is 0 Å². The van der Waals surface area contributed by atoms with Crippen LogP contribution in [0.15, 0.2) is 24.3 Å². The van der Waals surface area contributed by atoms with Gasteiger partial charge in [0, 0.05) is 11.6 Å². The first-order chi connectivity index (χ1) is 6.57. The van der Waals surface area contributed by atoms with Crippen molar-refractivity contribution < 1.29 is 0 Å². The molecule has 1 aliphatic rings. The van der Waals surface area contributed by atoms with Gasteiger partial charge in [-0.25, -0.2) is 0 Å². The first kappa shape index (κ1) is 9.38. The summed E-state index contributed by atoms with van der Waals surface area (Å²) >= 11 is 0. The van der Waals surface area contributed by atoms with Crippen molar-refractivity contribution >= 4 is 11.4 Å². The van der Waals surface area contributed by atoms with E-state index >= 15 is 0 Å². The molecule has 1 atom stereocenters. The lowest BCUT2D eigenvalue weighted by Gasteiger charge is -2.26. The van der Waals surface area contributed by atoms with Crippen LogP contribution in [0.4, 0.5) is 11.4 Å². The lowest BCUT2D eigenvalue weighted by atomic mass is 9.97. The zero-order valence-electron chi connectivity index (χ0n) is 9.09. The molecular formula is C12H18N2. The van der Waals surface area contributed by atoms with Crippen LogP contribution >= 0.6 is 0 Å². The maximum atomic E-state index is 3.57. The molecule has 2 nitrogen and oxygen atoms in total. The monoisotopic (exact) mass is 190 g/mol. The van der Waals surface area contributed by atoms with Crippen molar-refractivity contribution in [3.63, 3.8) is 0 Å². The van der Waals surface area contributed by atoms with E-state index in [4.69, 9.17) is 0 Å². The van der Waals surface area contributed by atoms with Crippen LogP contribution in [0.2, 0.25) is 0 Å². The van der Waals surface area contributed by atoms with Crippen LogP contribution in [-0.4, -0.2) is 11.6 Å². The smallest absolute Gasteiger partial charge is 0.0580 e. The summed E-state index contributed by atoms with van der Waals surface area (Å²) in [4.78, 5) is 0. The third-order valence-corrected chi connectivity index (χ3v) is 2.62. The maximum Gasteiger partial charge on any atom is 0.0580 e. The molecular weight excluding hydrogens is 172 g/mol. The highest BCUT2D eigenvalue weighted by Gasteiger charge is 2.25. The summed E-state index contributed by atoms with van der Waals surface area (Å²) in [6, 6.07) is 8.90. The number of para-hydroxylation sites is 2. The van der Waals surface area contributed by atoms with Crippen molar-refractivity contribution in [1.82, 2.24) is 0 Å². The zero-order valence-corrected chi connectivity index (χ0v) is 9.09. The van der Waals surface area contributed by atoms with Crippen molar-refractivity contribution in [3.8, 4) is 0 Å². The molecule has 14 heavy (non-hydrogen) atoms. The van der Waals surface area contributed by atoms with Gasteiger partial charge in [-0.05, 0) is 39.3 Å². The molecule has 0 aromatic heterocycles. The van der Waals surface area contributed by atoms with Gasteiger partial charge in [0.25, 0.3) is 0 Å². The predicted octanol–water partition coefficient (Wildman–Crippen LogP) is 3.08. The van der Waals surface area contributed by atoms with Gasteiger partial charge in [0.2, 0.25) is 0 Å². The molecule has 2 N–H and O–H groups in total. The van der Waals surface area contributed by atoms with Gasteiger partial charge in [0.05, 0.1) is 11.4 Å². The third kappa shape index (κ3) is 1.84. The number of nitrogens with one attached hydrogen (secondary N) is 2. The molecule has 0 aliphatic carbocycles. The second-order valence-corrected chi connectivity index (χ2v) is 4.80. The molecule has 76 valence electrons. The molecule has 0 unspecified atom stereocenters. The van der Waals surface area contributed by atoms with E-state index in [9.17, 15) is 0 Å². The molecule has 0 saturated heterocycles. The van der Waals surface area contributed by atoms with Crippen LogP contribution in [-0.2, 0) is 0 Å². The summed E-state index contributed by atoms with van der Waals surface area (Å²) in [6.07, 6.45) is 1.13. The summed E-state index contributed by atoms with van der Waals surface area (Å²) in [5, 5.41) is 7.08. The topological polar surface area (TPSA) is 24.1 Å². The van der Waals surface area contributed by atoms with Crippen LogP contribution in [0.25, 0.3) is 0 Å². The molecule has 0 bridgehead atoms. The van der Waals surface area contributed by atoms with E-state index in [2.05, 4.69) is 55.7 Å². The molecule has 2 heteroatoms. The predicted molar refractivity (Wildman–Crippen MR) is 61.8 cm³/mol. The van der Waals surface area contributed by atoms with E-state index in [1.54, 1.807) is 0 Å². The van der Waals surface area contributed by atoms with Crippen LogP contribution in [0.1, 0.15) is 27.2 Å². The molecule has 0 fully saturated rings. The van der Waals surface area contributed by atoms with Gasteiger partial charge in [-0.15, -0.1) is 0 Å². The minimum Gasteiger partial charge on any atom is -0.381 e. The highest BCUT2D eigenvalue weighted by atomic mass is 15.1. The van der Waals surface area contributed by atoms with E-state index in [1.807, 2.05) is 0 Å². The lowest BCUT2D eigenvalue weighted by molar-refractivity contribution is 0.492. The van der Waals surface area contributed by atoms with Crippen LogP contribution in [0.3, 0.4) is 0 Å². The molecule has 0 amide bonds. The molecule has 1 aromatic carbocycles. The highest BCUT2D eigenvalue weighted by molar-refractivity contribution is 5.70. The number of benzene rings is 1. The Morgan fingerprint density at radius 1 is 1.21 bits per heavy atom. The number of hydrogen-bond acceptors (Lipinski definition) is 2. The van der Waals surface area contributed by atoms with Crippen LogP contribution in [0, 0.1) is 0 Å². The second-order valence-electron chi connectivity index (χ2n) is 4.80. The van der Waals surface area contributed by atoms with Gasteiger partial charge in [0.15, 0.2) is 0 Å². The lowest BCUT2D eigenvalue weighted by Crippen LogP contribution is -2.33. The zero-order chi connectivity index (χ0) is 10.2. The number of fused-ring (bicyclic) bond motifs is 1. The van der Waals surface area contributed by atoms with Gasteiger partial charge < -0.3 is 10.6 Å². The van der Waals surface area contributed by atoms with Crippen LogP contribution in [0.5, 0.6) is 0 Å². The van der Waals surface area contributed by atoms with Crippen molar-refractivity contribution in [2.24, 2.45) is 0 Å². The molecule has 0 spiro atoms. The molecule has 0 saturated carbocycles. The minimum absolute atomic E-state index is 0.166. The standard InChI is InChI=1S/C12H18N2/c1-9-8-12(2,3)14-11-7-5-4-6-10(11)13-9/h4-7,9,13-14H,8H2,1-3H3/t9-/m1/s1. The van der Waals surface area contributed by atoms with E-state index in [1.165, 1.54) is 11.4 Å². The number of anilines is 2. The van der Waals surface area contributed by atoms with Crippen molar-refractivity contribution in [3.05, 3.63) is 24.3 Å². The first-order valence-corrected chi connectivity index (χ1v) is 5.21. The summed E-state index contributed by atoms with van der Waals surface area (Å²) in [6.45, 7) is 6.71. The number of rotatable bonds is 0. The van der Waals surface area contributed by atoms with E-state index in [0.717, 1.165) is 6.42 Å². The largest absolute Gasteiger partial charge is 0.381 e. The Labute approximate surface area is 85.7 Å². The van der Waals surface area contributed by atoms with Crippen molar-refractivity contribution in [2.75, 3.05) is 10.6 Å². The average Bonchev–Trinajstić information content (AvgIpc) is 2.16. The minimum atomic E-state index is 0.166. The molecule has 1 heterocycles.